The Morgan fingerprint density at radius 2 is 1.43 bits per heavy atom. The first kappa shape index (κ1) is 35.3. The fourth-order valence-electron chi connectivity index (χ4n) is 4.88. The van der Waals surface area contributed by atoms with Crippen LogP contribution in [0.3, 0.4) is 0 Å². The van der Waals surface area contributed by atoms with Crippen LogP contribution in [0.25, 0.3) is 0 Å². The van der Waals surface area contributed by atoms with Gasteiger partial charge in [0.15, 0.2) is 0 Å². The van der Waals surface area contributed by atoms with Gasteiger partial charge in [-0.2, -0.15) is 0 Å². The van der Waals surface area contributed by atoms with Crippen molar-refractivity contribution in [2.24, 2.45) is 0 Å². The van der Waals surface area contributed by atoms with E-state index in [9.17, 15) is 18.0 Å². The van der Waals surface area contributed by atoms with Gasteiger partial charge in [0.25, 0.3) is 10.0 Å². The molecule has 0 aliphatic rings. The van der Waals surface area contributed by atoms with Crippen molar-refractivity contribution in [3.8, 4) is 0 Å². The van der Waals surface area contributed by atoms with Gasteiger partial charge in [-0.3, -0.25) is 13.9 Å². The van der Waals surface area contributed by atoms with Crippen LogP contribution in [0.4, 0.5) is 5.69 Å². The molecule has 7 nitrogen and oxygen atoms in total. The van der Waals surface area contributed by atoms with Crippen LogP contribution in [0.5, 0.6) is 0 Å². The third-order valence-electron chi connectivity index (χ3n) is 7.54. The van der Waals surface area contributed by atoms with Gasteiger partial charge in [0.2, 0.25) is 11.8 Å². The third kappa shape index (κ3) is 9.26. The monoisotopic (exact) mass is 699 g/mol. The van der Waals surface area contributed by atoms with Crippen molar-refractivity contribution in [3.63, 3.8) is 0 Å². The summed E-state index contributed by atoms with van der Waals surface area (Å²) in [5, 5.41) is 3.88. The van der Waals surface area contributed by atoms with E-state index in [0.717, 1.165) is 15.4 Å². The number of sulfonamides is 1. The number of hydrogen-bond acceptors (Lipinski definition) is 4. The Morgan fingerprint density at radius 3 is 2.04 bits per heavy atom. The second-order valence-corrected chi connectivity index (χ2v) is 14.3. The zero-order valence-electron chi connectivity index (χ0n) is 25.8. The van der Waals surface area contributed by atoms with Crippen LogP contribution in [0.15, 0.2) is 102 Å². The summed E-state index contributed by atoms with van der Waals surface area (Å²) in [7, 11) is -4.29. The number of hydrogen-bond donors (Lipinski definition) is 1. The number of benzene rings is 4. The van der Waals surface area contributed by atoms with Gasteiger partial charge in [-0.05, 0) is 73.9 Å². The molecular weight excluding hydrogens is 665 g/mol. The fraction of sp³-hybridized carbons (Fsp3) is 0.257. The van der Waals surface area contributed by atoms with E-state index < -0.39 is 28.5 Å². The van der Waals surface area contributed by atoms with Gasteiger partial charge in [0, 0.05) is 34.1 Å². The third-order valence-corrected chi connectivity index (χ3v) is 10.00. The van der Waals surface area contributed by atoms with E-state index in [-0.39, 0.29) is 45.5 Å². The first-order valence-corrected chi connectivity index (χ1v) is 17.4. The quantitative estimate of drug-likeness (QED) is 0.155. The van der Waals surface area contributed by atoms with Gasteiger partial charge in [-0.1, -0.05) is 102 Å². The van der Waals surface area contributed by atoms with Crippen molar-refractivity contribution in [2.75, 3.05) is 10.8 Å². The number of nitrogens with zero attached hydrogens (tertiary/aromatic N) is 2. The van der Waals surface area contributed by atoms with Crippen molar-refractivity contribution in [1.29, 1.82) is 0 Å². The second-order valence-electron chi connectivity index (χ2n) is 11.1. The summed E-state index contributed by atoms with van der Waals surface area (Å²) in [5.74, 6) is -0.959. The van der Waals surface area contributed by atoms with Gasteiger partial charge in [0.05, 0.1) is 10.6 Å². The maximum atomic E-state index is 14.6. The minimum atomic E-state index is -4.29. The number of rotatable bonds is 13. The lowest BCUT2D eigenvalue weighted by Crippen LogP contribution is -2.54. The predicted molar refractivity (Wildman–Crippen MR) is 186 cm³/mol. The van der Waals surface area contributed by atoms with E-state index in [1.54, 1.807) is 36.4 Å². The molecule has 11 heteroatoms. The number of nitrogens with one attached hydrogen (secondary N) is 1. The van der Waals surface area contributed by atoms with E-state index in [1.165, 1.54) is 35.2 Å². The molecule has 4 aromatic carbocycles. The van der Waals surface area contributed by atoms with Crippen LogP contribution in [-0.2, 0) is 32.6 Å². The highest BCUT2D eigenvalue weighted by Crippen LogP contribution is 2.30. The number of anilines is 1. The molecular formula is C35H36Cl3N3O4S. The summed E-state index contributed by atoms with van der Waals surface area (Å²) in [4.78, 5) is 29.9. The molecule has 2 amide bonds. The molecule has 0 saturated carbocycles. The number of carbonyl (C=O) groups is 2. The highest BCUT2D eigenvalue weighted by atomic mass is 35.5. The molecule has 0 aliphatic carbocycles. The number of aryl methyl sites for hydroxylation is 1. The van der Waals surface area contributed by atoms with Crippen molar-refractivity contribution in [2.45, 2.75) is 57.1 Å². The lowest BCUT2D eigenvalue weighted by atomic mass is 10.0. The SMILES string of the molecule is CCC(C)NC(=O)C(Cc1ccccc1)N(Cc1cccc(Cl)c1)C(=O)CN(c1cc(Cl)cc(Cl)c1)S(=O)(=O)c1ccc(C)cc1. The molecule has 4 rings (SSSR count). The van der Waals surface area contributed by atoms with Crippen molar-refractivity contribution < 1.29 is 18.0 Å². The minimum Gasteiger partial charge on any atom is -0.352 e. The molecule has 2 atom stereocenters. The summed E-state index contributed by atoms with van der Waals surface area (Å²) < 4.78 is 29.3. The summed E-state index contributed by atoms with van der Waals surface area (Å²) >= 11 is 18.9. The number of amides is 2. The van der Waals surface area contributed by atoms with Gasteiger partial charge >= 0.3 is 0 Å². The second kappa shape index (κ2) is 15.8. The normalized spacial score (nSPS) is 12.7. The van der Waals surface area contributed by atoms with E-state index in [2.05, 4.69) is 5.32 Å². The maximum absolute atomic E-state index is 14.6. The first-order chi connectivity index (χ1) is 21.9. The van der Waals surface area contributed by atoms with E-state index in [0.29, 0.717) is 17.0 Å². The van der Waals surface area contributed by atoms with Crippen LogP contribution in [0, 0.1) is 6.92 Å². The van der Waals surface area contributed by atoms with Crippen LogP contribution in [0.1, 0.15) is 37.0 Å². The van der Waals surface area contributed by atoms with Crippen LogP contribution >= 0.6 is 34.8 Å². The van der Waals surface area contributed by atoms with Gasteiger partial charge in [0.1, 0.15) is 12.6 Å². The molecule has 0 saturated heterocycles. The van der Waals surface area contributed by atoms with Crippen molar-refractivity contribution >= 4 is 62.3 Å². The van der Waals surface area contributed by atoms with Gasteiger partial charge < -0.3 is 10.2 Å². The van der Waals surface area contributed by atoms with Crippen molar-refractivity contribution in [3.05, 3.63) is 129 Å². The fourth-order valence-corrected chi connectivity index (χ4v) is 7.00. The van der Waals surface area contributed by atoms with Gasteiger partial charge in [-0.15, -0.1) is 0 Å². The van der Waals surface area contributed by atoms with Crippen LogP contribution in [-0.4, -0.2) is 43.8 Å². The Labute approximate surface area is 286 Å². The molecule has 0 aliphatic heterocycles. The molecule has 0 radical (unpaired) electrons. The van der Waals surface area contributed by atoms with Crippen LogP contribution < -0.4 is 9.62 Å². The molecule has 0 aromatic heterocycles. The molecule has 242 valence electrons. The Balaban J connectivity index is 1.83. The summed E-state index contributed by atoms with van der Waals surface area (Å²) in [5.41, 5.74) is 2.49. The molecule has 0 heterocycles. The molecule has 4 aromatic rings. The average molecular weight is 701 g/mol. The van der Waals surface area contributed by atoms with E-state index in [4.69, 9.17) is 34.8 Å². The molecule has 1 N–H and O–H groups in total. The minimum absolute atomic E-state index is 0.000455. The standard InChI is InChI=1S/C35H36Cl3N3O4S/c1-4-25(3)39-35(43)33(18-26-9-6-5-7-10-26)40(22-27-11-8-12-28(36)17-27)34(42)23-41(31-20-29(37)19-30(38)21-31)46(44,45)32-15-13-24(2)14-16-32/h5-17,19-21,25,33H,4,18,22-23H2,1-3H3,(H,39,43). The summed E-state index contributed by atoms with van der Waals surface area (Å²) in [6.45, 7) is 5.06. The van der Waals surface area contributed by atoms with Gasteiger partial charge in [-0.25, -0.2) is 8.42 Å². The lowest BCUT2D eigenvalue weighted by Gasteiger charge is -2.34. The Kier molecular flexibility index (Phi) is 12.1. The summed E-state index contributed by atoms with van der Waals surface area (Å²) in [6.07, 6.45) is 0.882. The number of carbonyl (C=O) groups excluding carboxylic acids is 2. The average Bonchev–Trinajstić information content (AvgIpc) is 3.01. The number of halogens is 3. The molecule has 0 bridgehead atoms. The molecule has 0 fully saturated rings. The van der Waals surface area contributed by atoms with E-state index >= 15 is 0 Å². The van der Waals surface area contributed by atoms with E-state index in [1.807, 2.05) is 51.1 Å². The maximum Gasteiger partial charge on any atom is 0.264 e. The highest BCUT2D eigenvalue weighted by Gasteiger charge is 2.35. The van der Waals surface area contributed by atoms with Crippen molar-refractivity contribution in [1.82, 2.24) is 10.2 Å². The zero-order chi connectivity index (χ0) is 33.4. The Morgan fingerprint density at radius 1 is 0.804 bits per heavy atom. The Hall–Kier alpha value is -3.56. The van der Waals surface area contributed by atoms with Crippen LogP contribution in [0.2, 0.25) is 15.1 Å². The molecule has 46 heavy (non-hydrogen) atoms. The summed E-state index contributed by atoms with van der Waals surface area (Å²) in [6, 6.07) is 25.9. The Bertz CT molecular complexity index is 1750. The highest BCUT2D eigenvalue weighted by molar-refractivity contribution is 7.92. The predicted octanol–water partition coefficient (Wildman–Crippen LogP) is 7.71. The topological polar surface area (TPSA) is 86.8 Å². The largest absolute Gasteiger partial charge is 0.352 e. The first-order valence-electron chi connectivity index (χ1n) is 14.8. The molecule has 0 spiro atoms. The molecule has 2 unspecified atom stereocenters. The smallest absolute Gasteiger partial charge is 0.264 e. The zero-order valence-corrected chi connectivity index (χ0v) is 28.9. The lowest BCUT2D eigenvalue weighted by molar-refractivity contribution is -0.140.